The van der Waals surface area contributed by atoms with Gasteiger partial charge in [-0.05, 0) is 43.9 Å². The Morgan fingerprint density at radius 3 is 2.89 bits per heavy atom. The normalized spacial score (nSPS) is 22.0. The van der Waals surface area contributed by atoms with Crippen LogP contribution in [-0.2, 0) is 11.3 Å². The lowest BCUT2D eigenvalue weighted by Gasteiger charge is -2.40. The summed E-state index contributed by atoms with van der Waals surface area (Å²) in [5.41, 5.74) is 6.14. The highest BCUT2D eigenvalue weighted by Gasteiger charge is 2.38. The van der Waals surface area contributed by atoms with Gasteiger partial charge in [0.15, 0.2) is 0 Å². The molecule has 1 aromatic carbocycles. The van der Waals surface area contributed by atoms with E-state index in [2.05, 4.69) is 41.3 Å². The third-order valence-electron chi connectivity index (χ3n) is 6.06. The number of aromatic nitrogens is 4. The van der Waals surface area contributed by atoms with Crippen molar-refractivity contribution in [1.82, 2.24) is 24.9 Å². The predicted molar refractivity (Wildman–Crippen MR) is 101 cm³/mol. The van der Waals surface area contributed by atoms with Gasteiger partial charge >= 0.3 is 0 Å². The Balaban J connectivity index is 1.45. The maximum atomic E-state index is 13.3. The zero-order valence-electron chi connectivity index (χ0n) is 15.8. The maximum Gasteiger partial charge on any atom is 0.270 e. The molecule has 140 valence electrons. The van der Waals surface area contributed by atoms with Crippen LogP contribution >= 0.6 is 0 Å². The fourth-order valence-electron chi connectivity index (χ4n) is 4.54. The van der Waals surface area contributed by atoms with E-state index < -0.39 is 0 Å². The topological polar surface area (TPSA) is 76.0 Å². The predicted octanol–water partition coefficient (Wildman–Crippen LogP) is 2.67. The second-order valence-corrected chi connectivity index (χ2v) is 7.70. The minimum absolute atomic E-state index is 0.0370. The molecule has 1 saturated heterocycles. The lowest BCUT2D eigenvalue weighted by molar-refractivity contribution is -0.0628. The standard InChI is InChI=1S/C20H23N5O2/c1-11-4-5-12(2)18-17(11)13(3)19(22-18)20(26)24-7-6-15-16(9-24)27-10-14-8-21-23-25(14)15/h4-5,8,15-16,22H,6-7,9-10H2,1-3H3/t15-,16-/m0/s1. The highest BCUT2D eigenvalue weighted by atomic mass is 16.5. The van der Waals surface area contributed by atoms with Gasteiger partial charge in [-0.25, -0.2) is 4.68 Å². The van der Waals surface area contributed by atoms with Crippen molar-refractivity contribution < 1.29 is 9.53 Å². The van der Waals surface area contributed by atoms with Crippen molar-refractivity contribution in [3.8, 4) is 0 Å². The van der Waals surface area contributed by atoms with Gasteiger partial charge in [0.05, 0.1) is 30.6 Å². The molecule has 2 aliphatic rings. The van der Waals surface area contributed by atoms with E-state index in [0.717, 1.165) is 34.1 Å². The third kappa shape index (κ3) is 2.41. The van der Waals surface area contributed by atoms with Crippen molar-refractivity contribution in [2.75, 3.05) is 13.1 Å². The van der Waals surface area contributed by atoms with E-state index in [0.29, 0.717) is 25.4 Å². The van der Waals surface area contributed by atoms with E-state index in [4.69, 9.17) is 4.74 Å². The SMILES string of the molecule is Cc1ccc(C)c2c(C)c(C(=O)N3CC[C@H]4[C@H](C3)OCc3cnnn34)[nH]c12. The summed E-state index contributed by atoms with van der Waals surface area (Å²) in [5, 5.41) is 9.37. The number of carbonyl (C=O) groups is 1. The average Bonchev–Trinajstić information content (AvgIpc) is 3.29. The molecule has 0 aliphatic carbocycles. The third-order valence-corrected chi connectivity index (χ3v) is 6.06. The van der Waals surface area contributed by atoms with Gasteiger partial charge in [0.1, 0.15) is 5.69 Å². The van der Waals surface area contributed by atoms with Crippen LogP contribution in [0.1, 0.15) is 45.3 Å². The summed E-state index contributed by atoms with van der Waals surface area (Å²) in [6, 6.07) is 4.37. The maximum absolute atomic E-state index is 13.3. The Hall–Kier alpha value is -2.67. The highest BCUT2D eigenvalue weighted by Crippen LogP contribution is 2.33. The molecule has 4 heterocycles. The van der Waals surface area contributed by atoms with Crippen LogP contribution in [0.3, 0.4) is 0 Å². The largest absolute Gasteiger partial charge is 0.368 e. The monoisotopic (exact) mass is 365 g/mol. The Kier molecular flexibility index (Phi) is 3.62. The quantitative estimate of drug-likeness (QED) is 0.719. The smallest absolute Gasteiger partial charge is 0.270 e. The van der Waals surface area contributed by atoms with Crippen molar-refractivity contribution in [3.05, 3.63) is 46.4 Å². The van der Waals surface area contributed by atoms with Crippen molar-refractivity contribution in [1.29, 1.82) is 0 Å². The first-order valence-corrected chi connectivity index (χ1v) is 9.43. The summed E-state index contributed by atoms with van der Waals surface area (Å²) in [7, 11) is 0. The van der Waals surface area contributed by atoms with E-state index in [-0.39, 0.29) is 18.1 Å². The van der Waals surface area contributed by atoms with Gasteiger partial charge in [-0.15, -0.1) is 5.10 Å². The number of rotatable bonds is 1. The number of ether oxygens (including phenoxy) is 1. The fraction of sp³-hybridized carbons (Fsp3) is 0.450. The van der Waals surface area contributed by atoms with Crippen LogP contribution in [0.5, 0.6) is 0 Å². The van der Waals surface area contributed by atoms with Gasteiger partial charge in [-0.3, -0.25) is 4.79 Å². The molecule has 2 atom stereocenters. The van der Waals surface area contributed by atoms with E-state index in [1.807, 2.05) is 16.5 Å². The molecule has 7 heteroatoms. The molecule has 5 rings (SSSR count). The number of piperidine rings is 1. The number of nitrogens with one attached hydrogen (secondary N) is 1. The van der Waals surface area contributed by atoms with Crippen LogP contribution in [0.4, 0.5) is 0 Å². The minimum Gasteiger partial charge on any atom is -0.368 e. The van der Waals surface area contributed by atoms with Gasteiger partial charge in [-0.2, -0.15) is 0 Å². The first-order chi connectivity index (χ1) is 13.0. The van der Waals surface area contributed by atoms with E-state index >= 15 is 0 Å². The number of fused-ring (bicyclic) bond motifs is 4. The number of hydrogen-bond donors (Lipinski definition) is 1. The number of likely N-dealkylation sites (tertiary alicyclic amines) is 1. The number of aryl methyl sites for hydroxylation is 3. The number of nitrogens with zero attached hydrogens (tertiary/aromatic N) is 4. The van der Waals surface area contributed by atoms with Crippen molar-refractivity contribution in [2.45, 2.75) is 45.9 Å². The van der Waals surface area contributed by atoms with Crippen LogP contribution in [0, 0.1) is 20.8 Å². The van der Waals surface area contributed by atoms with Gasteiger partial charge in [0.25, 0.3) is 5.91 Å². The Morgan fingerprint density at radius 1 is 1.26 bits per heavy atom. The molecule has 1 N–H and O–H groups in total. The second kappa shape index (κ2) is 5.92. The van der Waals surface area contributed by atoms with Crippen LogP contribution < -0.4 is 0 Å². The van der Waals surface area contributed by atoms with Gasteiger partial charge in [-0.1, -0.05) is 17.3 Å². The molecule has 0 unspecified atom stereocenters. The molecule has 0 radical (unpaired) electrons. The first kappa shape index (κ1) is 16.5. The molecule has 2 aliphatic heterocycles. The van der Waals surface area contributed by atoms with Crippen LogP contribution in [-0.4, -0.2) is 50.0 Å². The second-order valence-electron chi connectivity index (χ2n) is 7.70. The summed E-state index contributed by atoms with van der Waals surface area (Å²) in [6.07, 6.45) is 2.54. The number of H-pyrrole nitrogens is 1. The minimum atomic E-state index is -0.0370. The summed E-state index contributed by atoms with van der Waals surface area (Å²) in [4.78, 5) is 18.6. The molecule has 7 nitrogen and oxygen atoms in total. The molecule has 27 heavy (non-hydrogen) atoms. The van der Waals surface area contributed by atoms with Crippen molar-refractivity contribution in [2.24, 2.45) is 0 Å². The Labute approximate surface area is 157 Å². The number of amides is 1. The molecule has 0 bridgehead atoms. The first-order valence-electron chi connectivity index (χ1n) is 9.43. The van der Waals surface area contributed by atoms with E-state index in [1.165, 1.54) is 5.56 Å². The van der Waals surface area contributed by atoms with E-state index in [9.17, 15) is 4.79 Å². The number of hydrogen-bond acceptors (Lipinski definition) is 4. The number of carbonyl (C=O) groups excluding carboxylic acids is 1. The molecule has 1 amide bonds. The number of aromatic amines is 1. The molecular formula is C20H23N5O2. The molecule has 3 aromatic rings. The van der Waals surface area contributed by atoms with Gasteiger partial charge in [0, 0.05) is 24.0 Å². The molecule has 0 spiro atoms. The zero-order chi connectivity index (χ0) is 18.7. The lowest BCUT2D eigenvalue weighted by atomic mass is 9.99. The van der Waals surface area contributed by atoms with Crippen molar-refractivity contribution in [3.63, 3.8) is 0 Å². The van der Waals surface area contributed by atoms with Crippen LogP contribution in [0.15, 0.2) is 18.3 Å². The summed E-state index contributed by atoms with van der Waals surface area (Å²) < 4.78 is 7.97. The summed E-state index contributed by atoms with van der Waals surface area (Å²) >= 11 is 0. The average molecular weight is 365 g/mol. The highest BCUT2D eigenvalue weighted by molar-refractivity contribution is 6.02. The van der Waals surface area contributed by atoms with Crippen molar-refractivity contribution >= 4 is 16.8 Å². The van der Waals surface area contributed by atoms with Gasteiger partial charge in [0.2, 0.25) is 0 Å². The number of benzene rings is 1. The van der Waals surface area contributed by atoms with Crippen LogP contribution in [0.25, 0.3) is 10.9 Å². The Morgan fingerprint density at radius 2 is 2.07 bits per heavy atom. The van der Waals surface area contributed by atoms with E-state index in [1.54, 1.807) is 6.20 Å². The molecule has 1 fully saturated rings. The van der Waals surface area contributed by atoms with Crippen LogP contribution in [0.2, 0.25) is 0 Å². The van der Waals surface area contributed by atoms with Gasteiger partial charge < -0.3 is 14.6 Å². The zero-order valence-corrected chi connectivity index (χ0v) is 15.8. The summed E-state index contributed by atoms with van der Waals surface area (Å²) in [5.74, 6) is 0.0499. The molecule has 0 saturated carbocycles. The lowest BCUT2D eigenvalue weighted by Crippen LogP contribution is -2.50. The fourth-order valence-corrected chi connectivity index (χ4v) is 4.54. The molecular weight excluding hydrogens is 342 g/mol. The summed E-state index contributed by atoms with van der Waals surface area (Å²) in [6.45, 7) is 7.96. The molecule has 2 aromatic heterocycles. The Bertz CT molecular complexity index is 1050.